The number of carbonyl (C=O) groups excluding carboxylic acids is 1. The van der Waals surface area contributed by atoms with E-state index in [4.69, 9.17) is 4.74 Å². The Bertz CT molecular complexity index is 883. The number of thiazole rings is 1. The highest BCUT2D eigenvalue weighted by molar-refractivity contribution is 7.14. The van der Waals surface area contributed by atoms with Crippen molar-refractivity contribution in [3.63, 3.8) is 0 Å². The van der Waals surface area contributed by atoms with Crippen LogP contribution in [-0.4, -0.2) is 22.5 Å². The standard InChI is InChI=1S/C20H21N3O2S/c1-4-9-25-16-7-5-15(6-8-16)18-12-26-20(22-18)23-19(24)17-11-13(2)10-14(3)21-17/h5-8,10-12H,4,9H2,1-3H3,(H,22,23,24). The molecular weight excluding hydrogens is 346 g/mol. The number of pyridine rings is 1. The lowest BCUT2D eigenvalue weighted by Gasteiger charge is -2.05. The second-order valence-corrected chi connectivity index (χ2v) is 6.89. The van der Waals surface area contributed by atoms with Crippen LogP contribution in [0.15, 0.2) is 41.8 Å². The minimum absolute atomic E-state index is 0.249. The second-order valence-electron chi connectivity index (χ2n) is 6.04. The third-order valence-electron chi connectivity index (χ3n) is 3.68. The molecule has 1 aromatic carbocycles. The summed E-state index contributed by atoms with van der Waals surface area (Å²) in [5.41, 5.74) is 4.03. The van der Waals surface area contributed by atoms with Crippen LogP contribution in [0.4, 0.5) is 5.13 Å². The van der Waals surface area contributed by atoms with E-state index in [1.54, 1.807) is 6.07 Å². The van der Waals surface area contributed by atoms with Gasteiger partial charge in [-0.05, 0) is 62.2 Å². The van der Waals surface area contributed by atoms with Gasteiger partial charge in [-0.25, -0.2) is 9.97 Å². The lowest BCUT2D eigenvalue weighted by molar-refractivity contribution is 0.102. The Labute approximate surface area is 157 Å². The molecule has 2 aromatic heterocycles. The third kappa shape index (κ3) is 4.46. The summed E-state index contributed by atoms with van der Waals surface area (Å²) >= 11 is 1.39. The molecule has 0 saturated heterocycles. The van der Waals surface area contributed by atoms with Crippen molar-refractivity contribution in [1.29, 1.82) is 0 Å². The maximum atomic E-state index is 12.4. The zero-order valence-corrected chi connectivity index (χ0v) is 15.9. The van der Waals surface area contributed by atoms with Crippen LogP contribution in [0.2, 0.25) is 0 Å². The van der Waals surface area contributed by atoms with E-state index in [2.05, 4.69) is 22.2 Å². The number of amides is 1. The molecule has 0 spiro atoms. The summed E-state index contributed by atoms with van der Waals surface area (Å²) < 4.78 is 5.59. The molecule has 26 heavy (non-hydrogen) atoms. The number of aryl methyl sites for hydroxylation is 2. The Hall–Kier alpha value is -2.73. The van der Waals surface area contributed by atoms with Gasteiger partial charge in [0, 0.05) is 16.6 Å². The fourth-order valence-corrected chi connectivity index (χ4v) is 3.24. The first-order chi connectivity index (χ1) is 12.5. The predicted octanol–water partition coefficient (Wildman–Crippen LogP) is 4.86. The predicted molar refractivity (Wildman–Crippen MR) is 105 cm³/mol. The summed E-state index contributed by atoms with van der Waals surface area (Å²) in [5, 5.41) is 5.30. The molecule has 1 N–H and O–H groups in total. The molecule has 0 bridgehead atoms. The van der Waals surface area contributed by atoms with Gasteiger partial charge in [0.25, 0.3) is 5.91 Å². The van der Waals surface area contributed by atoms with Gasteiger partial charge in [-0.2, -0.15) is 0 Å². The van der Waals surface area contributed by atoms with Crippen molar-refractivity contribution in [2.24, 2.45) is 0 Å². The highest BCUT2D eigenvalue weighted by Gasteiger charge is 2.12. The number of carbonyl (C=O) groups is 1. The molecule has 0 aliphatic rings. The van der Waals surface area contributed by atoms with E-state index in [0.29, 0.717) is 17.4 Å². The normalized spacial score (nSPS) is 10.6. The maximum absolute atomic E-state index is 12.4. The van der Waals surface area contributed by atoms with Crippen LogP contribution in [0, 0.1) is 13.8 Å². The smallest absolute Gasteiger partial charge is 0.276 e. The monoisotopic (exact) mass is 367 g/mol. The van der Waals surface area contributed by atoms with Gasteiger partial charge < -0.3 is 4.74 Å². The topological polar surface area (TPSA) is 64.1 Å². The summed E-state index contributed by atoms with van der Waals surface area (Å²) in [5.74, 6) is 0.598. The second kappa shape index (κ2) is 8.10. The average molecular weight is 367 g/mol. The molecule has 2 heterocycles. The van der Waals surface area contributed by atoms with Crippen LogP contribution in [0.3, 0.4) is 0 Å². The molecule has 0 unspecified atom stereocenters. The van der Waals surface area contributed by atoms with Crippen molar-refractivity contribution in [3.8, 4) is 17.0 Å². The number of ether oxygens (including phenoxy) is 1. The number of benzene rings is 1. The maximum Gasteiger partial charge on any atom is 0.276 e. The molecule has 134 valence electrons. The Morgan fingerprint density at radius 3 is 2.62 bits per heavy atom. The number of anilines is 1. The van der Waals surface area contributed by atoms with Gasteiger partial charge in [-0.15, -0.1) is 11.3 Å². The molecule has 6 heteroatoms. The third-order valence-corrected chi connectivity index (χ3v) is 4.44. The first-order valence-corrected chi connectivity index (χ1v) is 9.38. The first kappa shape index (κ1) is 18.1. The van der Waals surface area contributed by atoms with Gasteiger partial charge >= 0.3 is 0 Å². The van der Waals surface area contributed by atoms with Crippen LogP contribution >= 0.6 is 11.3 Å². The number of nitrogens with zero attached hydrogens (tertiary/aromatic N) is 2. The van der Waals surface area contributed by atoms with Crippen LogP contribution in [0.25, 0.3) is 11.3 Å². The fraction of sp³-hybridized carbons (Fsp3) is 0.250. The summed E-state index contributed by atoms with van der Waals surface area (Å²) in [6.07, 6.45) is 0.978. The highest BCUT2D eigenvalue weighted by Crippen LogP contribution is 2.26. The van der Waals surface area contributed by atoms with E-state index in [0.717, 1.165) is 34.7 Å². The molecule has 0 atom stereocenters. The molecule has 5 nitrogen and oxygen atoms in total. The van der Waals surface area contributed by atoms with Crippen molar-refractivity contribution >= 4 is 22.4 Å². The van der Waals surface area contributed by atoms with E-state index < -0.39 is 0 Å². The number of nitrogens with one attached hydrogen (secondary N) is 1. The minimum atomic E-state index is -0.249. The molecule has 3 rings (SSSR count). The van der Waals surface area contributed by atoms with Gasteiger partial charge in [0.05, 0.1) is 12.3 Å². The quantitative estimate of drug-likeness (QED) is 0.675. The SMILES string of the molecule is CCCOc1ccc(-c2csc(NC(=O)c3cc(C)cc(C)n3)n2)cc1. The zero-order valence-electron chi connectivity index (χ0n) is 15.1. The molecule has 0 aliphatic carbocycles. The number of rotatable bonds is 6. The van der Waals surface area contributed by atoms with E-state index in [1.807, 2.05) is 49.6 Å². The molecule has 0 aliphatic heterocycles. The van der Waals surface area contributed by atoms with E-state index in [-0.39, 0.29) is 5.91 Å². The summed E-state index contributed by atoms with van der Waals surface area (Å²) in [7, 11) is 0. The summed E-state index contributed by atoms with van der Waals surface area (Å²) in [4.78, 5) is 21.2. The van der Waals surface area contributed by atoms with Gasteiger partial charge in [-0.3, -0.25) is 10.1 Å². The van der Waals surface area contributed by atoms with E-state index >= 15 is 0 Å². The Morgan fingerprint density at radius 2 is 1.92 bits per heavy atom. The van der Waals surface area contributed by atoms with Crippen molar-refractivity contribution in [1.82, 2.24) is 9.97 Å². The number of hydrogen-bond donors (Lipinski definition) is 1. The van der Waals surface area contributed by atoms with Crippen molar-refractivity contribution in [3.05, 3.63) is 58.7 Å². The van der Waals surface area contributed by atoms with E-state index in [9.17, 15) is 4.79 Å². The largest absolute Gasteiger partial charge is 0.494 e. The molecular formula is C20H21N3O2S. The first-order valence-electron chi connectivity index (χ1n) is 8.50. The van der Waals surface area contributed by atoms with Gasteiger partial charge in [-0.1, -0.05) is 6.92 Å². The van der Waals surface area contributed by atoms with Gasteiger partial charge in [0.2, 0.25) is 0 Å². The molecule has 0 fully saturated rings. The van der Waals surface area contributed by atoms with Crippen molar-refractivity contribution < 1.29 is 9.53 Å². The van der Waals surface area contributed by atoms with E-state index in [1.165, 1.54) is 11.3 Å². The average Bonchev–Trinajstić information content (AvgIpc) is 3.08. The lowest BCUT2D eigenvalue weighted by atomic mass is 10.2. The Morgan fingerprint density at radius 1 is 1.15 bits per heavy atom. The highest BCUT2D eigenvalue weighted by atomic mass is 32.1. The summed E-state index contributed by atoms with van der Waals surface area (Å²) in [6.45, 7) is 6.60. The number of hydrogen-bond acceptors (Lipinski definition) is 5. The fourth-order valence-electron chi connectivity index (χ4n) is 2.52. The molecule has 0 radical (unpaired) electrons. The van der Waals surface area contributed by atoms with Crippen LogP contribution in [0.5, 0.6) is 5.75 Å². The summed E-state index contributed by atoms with van der Waals surface area (Å²) in [6, 6.07) is 11.5. The lowest BCUT2D eigenvalue weighted by Crippen LogP contribution is -2.14. The van der Waals surface area contributed by atoms with Crippen molar-refractivity contribution in [2.45, 2.75) is 27.2 Å². The Kier molecular flexibility index (Phi) is 5.63. The van der Waals surface area contributed by atoms with Crippen LogP contribution in [0.1, 0.15) is 35.1 Å². The molecule has 1 amide bonds. The zero-order chi connectivity index (χ0) is 18.5. The van der Waals surface area contributed by atoms with Gasteiger partial charge in [0.15, 0.2) is 5.13 Å². The Balaban J connectivity index is 1.70. The van der Waals surface area contributed by atoms with Crippen molar-refractivity contribution in [2.75, 3.05) is 11.9 Å². The molecule has 3 aromatic rings. The molecule has 0 saturated carbocycles. The minimum Gasteiger partial charge on any atom is -0.494 e. The van der Waals surface area contributed by atoms with Crippen LogP contribution in [-0.2, 0) is 0 Å². The van der Waals surface area contributed by atoms with Crippen LogP contribution < -0.4 is 10.1 Å². The number of aromatic nitrogens is 2. The van der Waals surface area contributed by atoms with Gasteiger partial charge in [0.1, 0.15) is 11.4 Å².